The number of rotatable bonds is 2. The molecule has 3 aromatic rings. The van der Waals surface area contributed by atoms with Crippen LogP contribution in [0, 0.1) is 18.3 Å². The lowest BCUT2D eigenvalue weighted by atomic mass is 10.2. The summed E-state index contributed by atoms with van der Waals surface area (Å²) in [7, 11) is 0. The van der Waals surface area contributed by atoms with E-state index in [0.717, 1.165) is 21.6 Å². The number of hydrogen-bond acceptors (Lipinski definition) is 5. The first kappa shape index (κ1) is 12.6. The Hall–Kier alpha value is -2.45. The smallest absolute Gasteiger partial charge is 0.120 e. The third kappa shape index (κ3) is 2.33. The van der Waals surface area contributed by atoms with Gasteiger partial charge in [-0.3, -0.25) is 0 Å². The van der Waals surface area contributed by atoms with Gasteiger partial charge in [-0.05, 0) is 36.9 Å². The highest BCUT2D eigenvalue weighted by atomic mass is 32.2. The molecule has 0 aliphatic rings. The summed E-state index contributed by atoms with van der Waals surface area (Å²) in [6.07, 6.45) is 1.53. The summed E-state index contributed by atoms with van der Waals surface area (Å²) in [4.78, 5) is 13.0. The van der Waals surface area contributed by atoms with Gasteiger partial charge in [-0.25, -0.2) is 15.0 Å². The normalized spacial score (nSPS) is 10.4. The highest BCUT2D eigenvalue weighted by molar-refractivity contribution is 7.99. The Labute approximate surface area is 120 Å². The molecular weight excluding hydrogens is 268 g/mol. The van der Waals surface area contributed by atoms with E-state index in [1.165, 1.54) is 18.1 Å². The van der Waals surface area contributed by atoms with E-state index in [0.29, 0.717) is 10.6 Å². The van der Waals surface area contributed by atoms with Crippen molar-refractivity contribution in [2.75, 3.05) is 0 Å². The SMILES string of the molecule is Cc1ccc(C#N)c(Sc2ncnc3ccccc23)n1. The maximum atomic E-state index is 9.16. The average molecular weight is 278 g/mol. The van der Waals surface area contributed by atoms with Crippen LogP contribution in [0.3, 0.4) is 0 Å². The Balaban J connectivity index is 2.10. The lowest BCUT2D eigenvalue weighted by Crippen LogP contribution is -1.92. The highest BCUT2D eigenvalue weighted by Gasteiger charge is 2.10. The van der Waals surface area contributed by atoms with E-state index in [4.69, 9.17) is 5.26 Å². The first-order valence-electron chi connectivity index (χ1n) is 6.03. The quantitative estimate of drug-likeness (QED) is 0.673. The molecule has 0 saturated heterocycles. The van der Waals surface area contributed by atoms with Gasteiger partial charge in [0.05, 0.1) is 11.1 Å². The van der Waals surface area contributed by atoms with Crippen LogP contribution < -0.4 is 0 Å². The monoisotopic (exact) mass is 278 g/mol. The van der Waals surface area contributed by atoms with Crippen LogP contribution in [-0.4, -0.2) is 15.0 Å². The predicted octanol–water partition coefficient (Wildman–Crippen LogP) is 3.36. The van der Waals surface area contributed by atoms with Crippen LogP contribution in [0.5, 0.6) is 0 Å². The molecule has 0 bridgehead atoms. The van der Waals surface area contributed by atoms with Crippen LogP contribution in [0.15, 0.2) is 52.8 Å². The molecule has 96 valence electrons. The summed E-state index contributed by atoms with van der Waals surface area (Å²) in [6, 6.07) is 13.6. The number of nitrogens with zero attached hydrogens (tertiary/aromatic N) is 4. The highest BCUT2D eigenvalue weighted by Crippen LogP contribution is 2.31. The van der Waals surface area contributed by atoms with Crippen molar-refractivity contribution in [1.29, 1.82) is 5.26 Å². The fourth-order valence-corrected chi connectivity index (χ4v) is 2.83. The molecule has 0 saturated carbocycles. The van der Waals surface area contributed by atoms with Gasteiger partial charge >= 0.3 is 0 Å². The topological polar surface area (TPSA) is 62.5 Å². The van der Waals surface area contributed by atoms with Crippen molar-refractivity contribution in [3.63, 3.8) is 0 Å². The van der Waals surface area contributed by atoms with Crippen molar-refractivity contribution >= 4 is 22.7 Å². The van der Waals surface area contributed by atoms with Gasteiger partial charge in [0.15, 0.2) is 0 Å². The molecule has 1 aromatic carbocycles. The minimum absolute atomic E-state index is 0.559. The molecular formula is C15H10N4S. The van der Waals surface area contributed by atoms with Crippen molar-refractivity contribution < 1.29 is 0 Å². The zero-order chi connectivity index (χ0) is 13.9. The number of aryl methyl sites for hydroxylation is 1. The molecule has 0 fully saturated rings. The molecule has 0 unspecified atom stereocenters. The number of benzene rings is 1. The Morgan fingerprint density at radius 1 is 1.05 bits per heavy atom. The molecule has 0 aliphatic carbocycles. The third-order valence-corrected chi connectivity index (χ3v) is 3.84. The Bertz CT molecular complexity index is 818. The molecule has 0 radical (unpaired) electrons. The summed E-state index contributed by atoms with van der Waals surface area (Å²) in [5, 5.41) is 11.6. The maximum absolute atomic E-state index is 9.16. The van der Waals surface area contributed by atoms with Crippen molar-refractivity contribution in [3.8, 4) is 6.07 Å². The lowest BCUT2D eigenvalue weighted by molar-refractivity contribution is 1.03. The minimum Gasteiger partial charge on any atom is -0.245 e. The number of aromatic nitrogens is 3. The summed E-state index contributed by atoms with van der Waals surface area (Å²) in [6.45, 7) is 1.91. The first-order valence-corrected chi connectivity index (χ1v) is 6.85. The van der Waals surface area contributed by atoms with Crippen LogP contribution in [0.25, 0.3) is 10.9 Å². The van der Waals surface area contributed by atoms with Gasteiger partial charge in [-0.1, -0.05) is 18.2 Å². The van der Waals surface area contributed by atoms with E-state index in [1.807, 2.05) is 37.3 Å². The zero-order valence-corrected chi connectivity index (χ0v) is 11.6. The van der Waals surface area contributed by atoms with Gasteiger partial charge in [0.25, 0.3) is 0 Å². The van der Waals surface area contributed by atoms with E-state index in [2.05, 4.69) is 21.0 Å². The molecule has 5 heteroatoms. The van der Waals surface area contributed by atoms with Crippen LogP contribution in [0.1, 0.15) is 11.3 Å². The van der Waals surface area contributed by atoms with Gasteiger partial charge in [-0.15, -0.1) is 0 Å². The molecule has 20 heavy (non-hydrogen) atoms. The average Bonchev–Trinajstić information content (AvgIpc) is 2.48. The number of nitriles is 1. The second-order valence-electron chi connectivity index (χ2n) is 4.22. The van der Waals surface area contributed by atoms with E-state index in [1.54, 1.807) is 6.07 Å². The van der Waals surface area contributed by atoms with Crippen LogP contribution in [0.4, 0.5) is 0 Å². The molecule has 2 aromatic heterocycles. The number of hydrogen-bond donors (Lipinski definition) is 0. The van der Waals surface area contributed by atoms with E-state index >= 15 is 0 Å². The fraction of sp³-hybridized carbons (Fsp3) is 0.0667. The Kier molecular flexibility index (Phi) is 3.32. The summed E-state index contributed by atoms with van der Waals surface area (Å²) in [5.41, 5.74) is 2.32. The number of pyridine rings is 1. The molecule has 2 heterocycles. The molecule has 4 nitrogen and oxygen atoms in total. The van der Waals surface area contributed by atoms with Gasteiger partial charge < -0.3 is 0 Å². The van der Waals surface area contributed by atoms with Crippen LogP contribution >= 0.6 is 11.8 Å². The van der Waals surface area contributed by atoms with Gasteiger partial charge in [-0.2, -0.15) is 5.26 Å². The molecule has 0 spiro atoms. The standard InChI is InChI=1S/C15H10N4S/c1-10-6-7-11(8-16)14(19-10)20-15-12-4-2-3-5-13(12)17-9-18-15/h2-7,9H,1H3. The number of para-hydroxylation sites is 1. The van der Waals surface area contributed by atoms with Crippen molar-refractivity contribution in [1.82, 2.24) is 15.0 Å². The summed E-state index contributed by atoms with van der Waals surface area (Å²) in [5.74, 6) is 0. The van der Waals surface area contributed by atoms with Gasteiger partial charge in [0.2, 0.25) is 0 Å². The molecule has 0 atom stereocenters. The van der Waals surface area contributed by atoms with Crippen LogP contribution in [-0.2, 0) is 0 Å². The van der Waals surface area contributed by atoms with Crippen molar-refractivity contribution in [2.45, 2.75) is 17.0 Å². The number of fused-ring (bicyclic) bond motifs is 1. The van der Waals surface area contributed by atoms with Crippen molar-refractivity contribution in [3.05, 3.63) is 54.0 Å². The molecule has 0 N–H and O–H groups in total. The second kappa shape index (κ2) is 5.27. The Morgan fingerprint density at radius 2 is 1.90 bits per heavy atom. The summed E-state index contributed by atoms with van der Waals surface area (Å²) < 4.78 is 0. The zero-order valence-electron chi connectivity index (χ0n) is 10.7. The molecule has 3 rings (SSSR count). The minimum atomic E-state index is 0.559. The lowest BCUT2D eigenvalue weighted by Gasteiger charge is -2.06. The fourth-order valence-electron chi connectivity index (χ4n) is 1.85. The largest absolute Gasteiger partial charge is 0.245 e. The molecule has 0 amide bonds. The second-order valence-corrected chi connectivity index (χ2v) is 5.19. The van der Waals surface area contributed by atoms with Crippen molar-refractivity contribution in [2.24, 2.45) is 0 Å². The van der Waals surface area contributed by atoms with E-state index in [9.17, 15) is 0 Å². The van der Waals surface area contributed by atoms with Gasteiger partial charge in [0.1, 0.15) is 22.4 Å². The maximum Gasteiger partial charge on any atom is 0.120 e. The van der Waals surface area contributed by atoms with Crippen LogP contribution in [0.2, 0.25) is 0 Å². The first-order chi connectivity index (χ1) is 9.78. The van der Waals surface area contributed by atoms with E-state index < -0.39 is 0 Å². The predicted molar refractivity (Wildman–Crippen MR) is 77.4 cm³/mol. The summed E-state index contributed by atoms with van der Waals surface area (Å²) >= 11 is 1.40. The van der Waals surface area contributed by atoms with Gasteiger partial charge in [0, 0.05) is 11.1 Å². The molecule has 0 aliphatic heterocycles. The van der Waals surface area contributed by atoms with E-state index in [-0.39, 0.29) is 0 Å². The third-order valence-electron chi connectivity index (χ3n) is 2.82. The Morgan fingerprint density at radius 3 is 2.75 bits per heavy atom.